The summed E-state index contributed by atoms with van der Waals surface area (Å²) in [6, 6.07) is 15.9. The van der Waals surface area contributed by atoms with Crippen molar-refractivity contribution in [3.8, 4) is 0 Å². The third-order valence-corrected chi connectivity index (χ3v) is 3.40. The predicted octanol–water partition coefficient (Wildman–Crippen LogP) is 3.30. The molecule has 21 heavy (non-hydrogen) atoms. The summed E-state index contributed by atoms with van der Waals surface area (Å²) in [6.45, 7) is 0. The van der Waals surface area contributed by atoms with Crippen LogP contribution in [0.15, 0.2) is 60.9 Å². The molecule has 2 aromatic heterocycles. The van der Waals surface area contributed by atoms with E-state index in [1.54, 1.807) is 10.7 Å². The first-order chi connectivity index (χ1) is 10.3. The van der Waals surface area contributed by atoms with E-state index in [4.69, 9.17) is 0 Å². The monoisotopic (exact) mass is 279 g/mol. The minimum atomic E-state index is 0.0507. The molecule has 0 spiro atoms. The summed E-state index contributed by atoms with van der Waals surface area (Å²) in [5, 5.41) is 7.06. The fraction of sp³-hybridized carbons (Fsp3) is 0.176. The molecule has 2 heterocycles. The highest BCUT2D eigenvalue weighted by Crippen LogP contribution is 2.12. The van der Waals surface area contributed by atoms with Gasteiger partial charge in [0.2, 0.25) is 5.91 Å². The van der Waals surface area contributed by atoms with E-state index in [2.05, 4.69) is 22.5 Å². The maximum atomic E-state index is 11.9. The van der Waals surface area contributed by atoms with Crippen molar-refractivity contribution >= 4 is 17.1 Å². The van der Waals surface area contributed by atoms with Crippen molar-refractivity contribution < 1.29 is 4.79 Å². The molecule has 0 atom stereocenters. The van der Waals surface area contributed by atoms with E-state index in [0.717, 1.165) is 24.0 Å². The van der Waals surface area contributed by atoms with E-state index in [1.165, 1.54) is 5.56 Å². The second kappa shape index (κ2) is 6.22. The second-order valence-corrected chi connectivity index (χ2v) is 5.00. The molecule has 4 nitrogen and oxygen atoms in total. The number of hydrogen-bond donors (Lipinski definition) is 1. The van der Waals surface area contributed by atoms with Gasteiger partial charge in [-0.3, -0.25) is 4.79 Å². The number of aryl methyl sites for hydroxylation is 1. The third kappa shape index (κ3) is 3.48. The number of nitrogens with zero attached hydrogens (tertiary/aromatic N) is 2. The van der Waals surface area contributed by atoms with Gasteiger partial charge < -0.3 is 5.32 Å². The largest absolute Gasteiger partial charge is 0.326 e. The van der Waals surface area contributed by atoms with Crippen molar-refractivity contribution in [1.29, 1.82) is 0 Å². The van der Waals surface area contributed by atoms with Gasteiger partial charge in [-0.2, -0.15) is 5.10 Å². The van der Waals surface area contributed by atoms with Crippen molar-refractivity contribution in [2.24, 2.45) is 0 Å². The lowest BCUT2D eigenvalue weighted by atomic mass is 10.1. The number of anilines is 1. The average Bonchev–Trinajstić information content (AvgIpc) is 2.96. The van der Waals surface area contributed by atoms with Gasteiger partial charge in [-0.25, -0.2) is 4.52 Å². The molecule has 3 aromatic rings. The molecule has 0 bridgehead atoms. The number of pyridine rings is 1. The van der Waals surface area contributed by atoms with Crippen LogP contribution in [0.4, 0.5) is 5.69 Å². The Labute approximate surface area is 123 Å². The van der Waals surface area contributed by atoms with E-state index in [-0.39, 0.29) is 5.91 Å². The highest BCUT2D eigenvalue weighted by Gasteiger charge is 2.04. The number of fused-ring (bicyclic) bond motifs is 1. The Morgan fingerprint density at radius 1 is 1.14 bits per heavy atom. The normalized spacial score (nSPS) is 10.7. The van der Waals surface area contributed by atoms with Gasteiger partial charge >= 0.3 is 0 Å². The van der Waals surface area contributed by atoms with Crippen LogP contribution in [0.25, 0.3) is 5.52 Å². The van der Waals surface area contributed by atoms with Crippen LogP contribution in [0.1, 0.15) is 18.4 Å². The number of benzene rings is 1. The summed E-state index contributed by atoms with van der Waals surface area (Å²) < 4.78 is 1.77. The van der Waals surface area contributed by atoms with Crippen molar-refractivity contribution in [2.75, 3.05) is 5.32 Å². The Bertz CT molecular complexity index is 734. The van der Waals surface area contributed by atoms with Crippen LogP contribution in [0, 0.1) is 0 Å². The molecule has 0 unspecified atom stereocenters. The Kier molecular flexibility index (Phi) is 3.96. The molecule has 0 aliphatic heterocycles. The molecule has 0 fully saturated rings. The van der Waals surface area contributed by atoms with Gasteiger partial charge in [0, 0.05) is 24.5 Å². The average molecular weight is 279 g/mol. The van der Waals surface area contributed by atoms with E-state index in [9.17, 15) is 4.79 Å². The maximum absolute atomic E-state index is 11.9. The lowest BCUT2D eigenvalue weighted by Crippen LogP contribution is -2.11. The zero-order valence-corrected chi connectivity index (χ0v) is 11.7. The molecule has 0 aliphatic carbocycles. The van der Waals surface area contributed by atoms with Gasteiger partial charge in [0.15, 0.2) is 0 Å². The fourth-order valence-corrected chi connectivity index (χ4v) is 2.32. The van der Waals surface area contributed by atoms with E-state index in [0.29, 0.717) is 6.42 Å². The van der Waals surface area contributed by atoms with Crippen LogP contribution >= 0.6 is 0 Å². The number of amides is 1. The summed E-state index contributed by atoms with van der Waals surface area (Å²) in [6.07, 6.45) is 5.88. The standard InChI is InChI=1S/C17H17N3O/c21-17(8-4-7-14-5-2-1-3-6-14)19-15-10-12-20-16(13-15)9-11-18-20/h1-3,5-6,9-13H,4,7-8H2,(H,19,21). The highest BCUT2D eigenvalue weighted by molar-refractivity contribution is 5.91. The van der Waals surface area contributed by atoms with Crippen LogP contribution in [-0.2, 0) is 11.2 Å². The topological polar surface area (TPSA) is 46.4 Å². The lowest BCUT2D eigenvalue weighted by Gasteiger charge is -2.06. The molecule has 1 aromatic carbocycles. The summed E-state index contributed by atoms with van der Waals surface area (Å²) in [4.78, 5) is 11.9. The molecule has 4 heteroatoms. The zero-order chi connectivity index (χ0) is 14.5. The Balaban J connectivity index is 1.51. The molecule has 1 amide bonds. The minimum Gasteiger partial charge on any atom is -0.326 e. The quantitative estimate of drug-likeness (QED) is 0.779. The third-order valence-electron chi connectivity index (χ3n) is 3.40. The SMILES string of the molecule is O=C(CCCc1ccccc1)Nc1ccn2nccc2c1. The van der Waals surface area contributed by atoms with E-state index in [1.807, 2.05) is 42.6 Å². The Hall–Kier alpha value is -2.62. The van der Waals surface area contributed by atoms with Gasteiger partial charge in [-0.1, -0.05) is 30.3 Å². The van der Waals surface area contributed by atoms with Crippen molar-refractivity contribution in [1.82, 2.24) is 9.61 Å². The summed E-state index contributed by atoms with van der Waals surface area (Å²) in [5.74, 6) is 0.0507. The van der Waals surface area contributed by atoms with Crippen LogP contribution in [0.3, 0.4) is 0 Å². The number of carbonyl (C=O) groups excluding carboxylic acids is 1. The van der Waals surface area contributed by atoms with Crippen molar-refractivity contribution in [3.05, 3.63) is 66.5 Å². The molecular formula is C17H17N3O. The first kappa shape index (κ1) is 13.4. The van der Waals surface area contributed by atoms with Gasteiger partial charge in [-0.05, 0) is 36.6 Å². The van der Waals surface area contributed by atoms with E-state index < -0.39 is 0 Å². The van der Waals surface area contributed by atoms with Crippen LogP contribution in [0.2, 0.25) is 0 Å². The van der Waals surface area contributed by atoms with Crippen LogP contribution in [-0.4, -0.2) is 15.5 Å². The zero-order valence-electron chi connectivity index (χ0n) is 11.7. The molecule has 0 radical (unpaired) electrons. The second-order valence-electron chi connectivity index (χ2n) is 5.00. The first-order valence-electron chi connectivity index (χ1n) is 7.08. The minimum absolute atomic E-state index is 0.0507. The number of nitrogens with one attached hydrogen (secondary N) is 1. The van der Waals surface area contributed by atoms with Gasteiger partial charge in [0.05, 0.1) is 5.52 Å². The molecule has 106 valence electrons. The van der Waals surface area contributed by atoms with Gasteiger partial charge in [-0.15, -0.1) is 0 Å². The molecule has 0 aliphatic rings. The molecule has 0 saturated carbocycles. The van der Waals surface area contributed by atoms with Crippen molar-refractivity contribution in [2.45, 2.75) is 19.3 Å². The first-order valence-corrected chi connectivity index (χ1v) is 7.08. The number of aromatic nitrogens is 2. The number of hydrogen-bond acceptors (Lipinski definition) is 2. The summed E-state index contributed by atoms with van der Waals surface area (Å²) in [7, 11) is 0. The van der Waals surface area contributed by atoms with Crippen LogP contribution < -0.4 is 5.32 Å². The molecule has 1 N–H and O–H groups in total. The fourth-order valence-electron chi connectivity index (χ4n) is 2.32. The lowest BCUT2D eigenvalue weighted by molar-refractivity contribution is -0.116. The van der Waals surface area contributed by atoms with Gasteiger partial charge in [0.1, 0.15) is 0 Å². The van der Waals surface area contributed by atoms with Crippen molar-refractivity contribution in [3.63, 3.8) is 0 Å². The molecule has 0 saturated heterocycles. The molecule has 3 rings (SSSR count). The predicted molar refractivity (Wildman–Crippen MR) is 83.2 cm³/mol. The number of carbonyl (C=O) groups is 1. The van der Waals surface area contributed by atoms with Crippen LogP contribution in [0.5, 0.6) is 0 Å². The van der Waals surface area contributed by atoms with E-state index >= 15 is 0 Å². The highest BCUT2D eigenvalue weighted by atomic mass is 16.1. The summed E-state index contributed by atoms with van der Waals surface area (Å²) in [5.41, 5.74) is 3.05. The molecular weight excluding hydrogens is 262 g/mol. The van der Waals surface area contributed by atoms with Gasteiger partial charge in [0.25, 0.3) is 0 Å². The number of rotatable bonds is 5. The Morgan fingerprint density at radius 2 is 2.00 bits per heavy atom. The maximum Gasteiger partial charge on any atom is 0.224 e. The Morgan fingerprint density at radius 3 is 2.86 bits per heavy atom. The summed E-state index contributed by atoms with van der Waals surface area (Å²) >= 11 is 0. The smallest absolute Gasteiger partial charge is 0.224 e.